The minimum Gasteiger partial charge on any atom is -0.465 e. The lowest BCUT2D eigenvalue weighted by Crippen LogP contribution is -2.27. The van der Waals surface area contributed by atoms with Crippen LogP contribution in [0.4, 0.5) is 10.5 Å². The number of benzene rings is 3. The average Bonchev–Trinajstić information content (AvgIpc) is 3.74. The fraction of sp³-hybridized carbons (Fsp3) is 0.0968. The largest absolute Gasteiger partial charge is 0.465 e. The summed E-state index contributed by atoms with van der Waals surface area (Å²) in [6.45, 7) is 0. The maximum absolute atomic E-state index is 13.7. The molecule has 0 radical (unpaired) electrons. The molecule has 0 aliphatic rings. The predicted molar refractivity (Wildman–Crippen MR) is 163 cm³/mol. The standard InChI is InChI=1S/C31H25ClN8O3/c1-38(31(42)43)24-10-7-21(8-11-24)26-18-33-30(35-26)28(15-20-5-3-2-4-6-20)39-14-13-22(16-29(39)41)25-17-23(32)9-12-27(25)40-19-34-36-37-40/h2-14,16-19,28H,15H2,1H3,(H,33,35)(H,42,43)/t28-/m0/s1. The molecule has 1 amide bonds. The quantitative estimate of drug-likeness (QED) is 0.239. The Kier molecular flexibility index (Phi) is 7.54. The number of hydrogen-bond acceptors (Lipinski definition) is 6. The highest BCUT2D eigenvalue weighted by Crippen LogP contribution is 2.30. The molecule has 0 bridgehead atoms. The molecule has 6 rings (SSSR count). The maximum atomic E-state index is 13.7. The normalized spacial score (nSPS) is 11.8. The van der Waals surface area contributed by atoms with Crippen molar-refractivity contribution < 1.29 is 9.90 Å². The van der Waals surface area contributed by atoms with Gasteiger partial charge in [-0.05, 0) is 58.0 Å². The van der Waals surface area contributed by atoms with Crippen molar-refractivity contribution in [1.29, 1.82) is 0 Å². The van der Waals surface area contributed by atoms with Crippen LogP contribution in [0.3, 0.4) is 0 Å². The van der Waals surface area contributed by atoms with Gasteiger partial charge in [0.2, 0.25) is 0 Å². The van der Waals surface area contributed by atoms with Gasteiger partial charge < -0.3 is 14.7 Å². The number of halogens is 1. The van der Waals surface area contributed by atoms with Gasteiger partial charge in [-0.25, -0.2) is 9.78 Å². The van der Waals surface area contributed by atoms with Crippen molar-refractivity contribution in [3.8, 4) is 28.1 Å². The fourth-order valence-corrected chi connectivity index (χ4v) is 5.08. The summed E-state index contributed by atoms with van der Waals surface area (Å²) >= 11 is 6.33. The molecule has 2 N–H and O–H groups in total. The topological polar surface area (TPSA) is 135 Å². The van der Waals surface area contributed by atoms with Crippen LogP contribution in [0.5, 0.6) is 0 Å². The van der Waals surface area contributed by atoms with Gasteiger partial charge in [-0.1, -0.05) is 54.1 Å². The summed E-state index contributed by atoms with van der Waals surface area (Å²) in [6.07, 6.45) is 4.50. The van der Waals surface area contributed by atoms with E-state index < -0.39 is 12.1 Å². The minimum absolute atomic E-state index is 0.222. The van der Waals surface area contributed by atoms with Crippen molar-refractivity contribution in [2.45, 2.75) is 12.5 Å². The molecule has 0 spiro atoms. The molecule has 3 heterocycles. The van der Waals surface area contributed by atoms with Crippen LogP contribution in [-0.2, 0) is 6.42 Å². The minimum atomic E-state index is -1.04. The van der Waals surface area contributed by atoms with Gasteiger partial charge in [-0.2, -0.15) is 4.68 Å². The molecule has 0 unspecified atom stereocenters. The first kappa shape index (κ1) is 27.6. The van der Waals surface area contributed by atoms with E-state index in [-0.39, 0.29) is 5.56 Å². The van der Waals surface area contributed by atoms with E-state index in [1.807, 2.05) is 48.5 Å². The summed E-state index contributed by atoms with van der Waals surface area (Å²) in [5.74, 6) is 0.609. The predicted octanol–water partition coefficient (Wildman–Crippen LogP) is 5.48. The number of carbonyl (C=O) groups is 1. The van der Waals surface area contributed by atoms with Crippen molar-refractivity contribution in [2.24, 2.45) is 0 Å². The molecule has 43 heavy (non-hydrogen) atoms. The molecular formula is C31H25ClN8O3. The van der Waals surface area contributed by atoms with Crippen molar-refractivity contribution in [1.82, 2.24) is 34.7 Å². The van der Waals surface area contributed by atoms with Gasteiger partial charge in [0, 0.05) is 53.8 Å². The van der Waals surface area contributed by atoms with Crippen molar-refractivity contribution in [3.63, 3.8) is 0 Å². The molecule has 1 atom stereocenters. The number of pyridine rings is 1. The number of nitrogens with zero attached hydrogens (tertiary/aromatic N) is 7. The number of hydrogen-bond donors (Lipinski definition) is 2. The Morgan fingerprint density at radius 2 is 1.81 bits per heavy atom. The first-order valence-electron chi connectivity index (χ1n) is 13.3. The van der Waals surface area contributed by atoms with E-state index in [1.165, 1.54) is 18.1 Å². The summed E-state index contributed by atoms with van der Waals surface area (Å²) in [6, 6.07) is 25.3. The molecule has 6 aromatic rings. The second kappa shape index (κ2) is 11.7. The molecule has 0 saturated carbocycles. The number of tetrazole rings is 1. The van der Waals surface area contributed by atoms with Crippen molar-refractivity contribution in [2.75, 3.05) is 11.9 Å². The first-order chi connectivity index (χ1) is 20.9. The lowest BCUT2D eigenvalue weighted by atomic mass is 10.0. The Morgan fingerprint density at radius 1 is 1.02 bits per heavy atom. The van der Waals surface area contributed by atoms with Gasteiger partial charge in [0.25, 0.3) is 5.56 Å². The molecule has 12 heteroatoms. The van der Waals surface area contributed by atoms with E-state index in [9.17, 15) is 14.7 Å². The number of aromatic amines is 1. The van der Waals surface area contributed by atoms with Crippen LogP contribution in [0, 0.1) is 0 Å². The monoisotopic (exact) mass is 592 g/mol. The SMILES string of the molecule is CN(C(=O)O)c1ccc(-c2c[nH]c([C@H](Cc3ccccc3)n3ccc(-c4cc(Cl)ccc4-n4cnnn4)cc3=O)n2)cc1. The zero-order valence-corrected chi connectivity index (χ0v) is 23.6. The van der Waals surface area contributed by atoms with Crippen LogP contribution < -0.4 is 10.5 Å². The molecule has 0 fully saturated rings. The molecule has 214 valence electrons. The van der Waals surface area contributed by atoms with Crippen LogP contribution in [0.1, 0.15) is 17.4 Å². The second-order valence-corrected chi connectivity index (χ2v) is 10.3. The first-order valence-corrected chi connectivity index (χ1v) is 13.7. The highest BCUT2D eigenvalue weighted by Gasteiger charge is 2.21. The number of rotatable bonds is 8. The highest BCUT2D eigenvalue weighted by molar-refractivity contribution is 6.31. The zero-order chi connectivity index (χ0) is 29.9. The second-order valence-electron chi connectivity index (χ2n) is 9.84. The van der Waals surface area contributed by atoms with Crippen LogP contribution in [0.25, 0.3) is 28.1 Å². The van der Waals surface area contributed by atoms with Crippen LogP contribution >= 0.6 is 11.6 Å². The summed E-state index contributed by atoms with van der Waals surface area (Å²) in [7, 11) is 1.49. The lowest BCUT2D eigenvalue weighted by molar-refractivity contribution is 0.203. The van der Waals surface area contributed by atoms with Gasteiger partial charge in [-0.15, -0.1) is 5.10 Å². The van der Waals surface area contributed by atoms with E-state index in [0.29, 0.717) is 45.5 Å². The van der Waals surface area contributed by atoms with Crippen molar-refractivity contribution in [3.05, 3.63) is 130 Å². The van der Waals surface area contributed by atoms with E-state index in [0.717, 1.165) is 16.0 Å². The number of anilines is 1. The van der Waals surface area contributed by atoms with Crippen molar-refractivity contribution >= 4 is 23.4 Å². The number of nitrogens with one attached hydrogen (secondary N) is 1. The van der Waals surface area contributed by atoms with Gasteiger partial charge in [0.1, 0.15) is 12.2 Å². The van der Waals surface area contributed by atoms with Crippen LogP contribution in [0.2, 0.25) is 5.02 Å². The number of amides is 1. The maximum Gasteiger partial charge on any atom is 0.411 e. The highest BCUT2D eigenvalue weighted by atomic mass is 35.5. The lowest BCUT2D eigenvalue weighted by Gasteiger charge is -2.19. The average molecular weight is 593 g/mol. The van der Waals surface area contributed by atoms with Gasteiger partial charge in [0.15, 0.2) is 0 Å². The number of carboxylic acid groups (broad SMARTS) is 1. The molecule has 0 aliphatic heterocycles. The molecular weight excluding hydrogens is 568 g/mol. The third kappa shape index (κ3) is 5.79. The van der Waals surface area contributed by atoms with Crippen LogP contribution in [-0.4, -0.2) is 53.0 Å². The van der Waals surface area contributed by atoms with E-state index in [4.69, 9.17) is 16.6 Å². The summed E-state index contributed by atoms with van der Waals surface area (Å²) in [4.78, 5) is 34.3. The molecule has 3 aromatic heterocycles. The Balaban J connectivity index is 1.37. The van der Waals surface area contributed by atoms with Crippen LogP contribution in [0.15, 0.2) is 108 Å². The summed E-state index contributed by atoms with van der Waals surface area (Å²) in [5.41, 5.74) is 4.90. The third-order valence-electron chi connectivity index (χ3n) is 7.17. The summed E-state index contributed by atoms with van der Waals surface area (Å²) < 4.78 is 3.18. The van der Waals surface area contributed by atoms with E-state index in [1.54, 1.807) is 53.4 Å². The third-order valence-corrected chi connectivity index (χ3v) is 7.41. The molecule has 3 aromatic carbocycles. The van der Waals surface area contributed by atoms with E-state index >= 15 is 0 Å². The Hall–Kier alpha value is -5.55. The fourth-order valence-electron chi connectivity index (χ4n) is 4.91. The smallest absolute Gasteiger partial charge is 0.411 e. The Labute approximate surface area is 250 Å². The number of imidazole rings is 1. The summed E-state index contributed by atoms with van der Waals surface area (Å²) in [5, 5.41) is 21.2. The number of aromatic nitrogens is 7. The Bertz CT molecular complexity index is 1940. The van der Waals surface area contributed by atoms with Gasteiger partial charge in [-0.3, -0.25) is 9.69 Å². The number of H-pyrrole nitrogens is 1. The molecule has 11 nitrogen and oxygen atoms in total. The molecule has 0 aliphatic carbocycles. The van der Waals surface area contributed by atoms with Gasteiger partial charge in [0.05, 0.1) is 17.4 Å². The Morgan fingerprint density at radius 3 is 2.51 bits per heavy atom. The zero-order valence-electron chi connectivity index (χ0n) is 22.9. The molecule has 0 saturated heterocycles. The van der Waals surface area contributed by atoms with Gasteiger partial charge >= 0.3 is 6.09 Å². The van der Waals surface area contributed by atoms with E-state index in [2.05, 4.69) is 20.5 Å².